The van der Waals surface area contributed by atoms with E-state index in [0.29, 0.717) is 22.7 Å². The van der Waals surface area contributed by atoms with Crippen LogP contribution in [0.25, 0.3) is 5.57 Å². The fourth-order valence-corrected chi connectivity index (χ4v) is 3.86. The van der Waals surface area contributed by atoms with Crippen LogP contribution in [0, 0.1) is 0 Å². The van der Waals surface area contributed by atoms with Gasteiger partial charge in [-0.1, -0.05) is 42.5 Å². The highest BCUT2D eigenvalue weighted by molar-refractivity contribution is 7.92. The van der Waals surface area contributed by atoms with Crippen LogP contribution in [-0.4, -0.2) is 28.6 Å². The molecule has 0 saturated heterocycles. The van der Waals surface area contributed by atoms with Crippen LogP contribution >= 0.6 is 0 Å². The normalized spacial score (nSPS) is 11.5. The molecule has 31 heavy (non-hydrogen) atoms. The Bertz CT molecular complexity index is 1190. The molecule has 0 unspecified atom stereocenters. The van der Waals surface area contributed by atoms with Crippen molar-refractivity contribution in [2.75, 3.05) is 18.9 Å². The number of hydrogen-bond donors (Lipinski definition) is 1. The van der Waals surface area contributed by atoms with Crippen LogP contribution < -0.4 is 9.46 Å². The van der Waals surface area contributed by atoms with Crippen LogP contribution in [0.1, 0.15) is 5.56 Å². The molecule has 0 spiro atoms. The molecule has 160 valence electrons. The van der Waals surface area contributed by atoms with E-state index >= 15 is 0 Å². The minimum atomic E-state index is -3.74. The minimum absolute atomic E-state index is 0.152. The highest BCUT2D eigenvalue weighted by atomic mass is 32.2. The number of ether oxygens (including phenoxy) is 3. The first-order chi connectivity index (χ1) is 14.9. The first-order valence-electron chi connectivity index (χ1n) is 9.21. The van der Waals surface area contributed by atoms with E-state index in [1.807, 2.05) is 0 Å². The summed E-state index contributed by atoms with van der Waals surface area (Å²) in [5, 5.41) is 0. The van der Waals surface area contributed by atoms with Gasteiger partial charge in [-0.3, -0.25) is 4.72 Å². The van der Waals surface area contributed by atoms with Gasteiger partial charge in [0.1, 0.15) is 17.1 Å². The molecule has 0 aromatic heterocycles. The van der Waals surface area contributed by atoms with Crippen molar-refractivity contribution in [2.24, 2.45) is 0 Å². The van der Waals surface area contributed by atoms with Gasteiger partial charge in [-0.25, -0.2) is 13.2 Å². The van der Waals surface area contributed by atoms with Crippen LogP contribution in [0.2, 0.25) is 0 Å². The summed E-state index contributed by atoms with van der Waals surface area (Å²) in [7, 11) is -1.04. The fourth-order valence-electron chi connectivity index (χ4n) is 2.79. The molecule has 0 aliphatic heterocycles. The van der Waals surface area contributed by atoms with Gasteiger partial charge < -0.3 is 14.2 Å². The molecule has 0 bridgehead atoms. The number of carbonyl (C=O) groups is 1. The van der Waals surface area contributed by atoms with Gasteiger partial charge in [0.05, 0.1) is 31.1 Å². The fraction of sp³-hybridized carbons (Fsp3) is 0.0870. The molecule has 3 aromatic carbocycles. The number of benzene rings is 3. The largest absolute Gasteiger partial charge is 0.503 e. The van der Waals surface area contributed by atoms with Crippen molar-refractivity contribution in [2.45, 2.75) is 4.90 Å². The summed E-state index contributed by atoms with van der Waals surface area (Å²) in [6.45, 7) is 0. The van der Waals surface area contributed by atoms with Crippen molar-refractivity contribution in [3.8, 4) is 11.5 Å². The molecular weight excluding hydrogens is 418 g/mol. The average molecular weight is 439 g/mol. The smallest absolute Gasteiger partial charge is 0.341 e. The summed E-state index contributed by atoms with van der Waals surface area (Å²) in [6.07, 6.45) is 1.28. The second-order valence-corrected chi connectivity index (χ2v) is 7.99. The molecule has 0 amide bonds. The van der Waals surface area contributed by atoms with Crippen molar-refractivity contribution in [3.05, 3.63) is 90.7 Å². The van der Waals surface area contributed by atoms with Gasteiger partial charge in [0.15, 0.2) is 0 Å². The number of carbonyl (C=O) groups excluding carboxylic acids is 1. The Kier molecular flexibility index (Phi) is 6.94. The van der Waals surface area contributed by atoms with Crippen molar-refractivity contribution in [1.82, 2.24) is 0 Å². The van der Waals surface area contributed by atoms with Crippen LogP contribution in [-0.2, 0) is 24.3 Å². The molecular formula is C23H21NO6S. The number of nitrogens with one attached hydrogen (secondary N) is 1. The first-order valence-corrected chi connectivity index (χ1v) is 10.7. The van der Waals surface area contributed by atoms with E-state index in [1.165, 1.54) is 32.6 Å². The summed E-state index contributed by atoms with van der Waals surface area (Å²) in [5.41, 5.74) is 0.979. The zero-order chi connectivity index (χ0) is 22.3. The molecule has 0 atom stereocenters. The predicted octanol–water partition coefficient (Wildman–Crippen LogP) is 4.44. The molecule has 3 rings (SSSR count). The van der Waals surface area contributed by atoms with E-state index < -0.39 is 16.0 Å². The topological polar surface area (TPSA) is 90.9 Å². The lowest BCUT2D eigenvalue weighted by atomic mass is 10.1. The summed E-state index contributed by atoms with van der Waals surface area (Å²) < 4.78 is 43.5. The SMILES string of the molecule is CO/C=C(/C(=O)OC)c1ccccc1Oc1cccc(NS(=O)(=O)c2ccccc2)c1. The number of rotatable bonds is 8. The van der Waals surface area contributed by atoms with Crippen LogP contribution in [0.3, 0.4) is 0 Å². The van der Waals surface area contributed by atoms with Gasteiger partial charge in [-0.15, -0.1) is 0 Å². The highest BCUT2D eigenvalue weighted by Gasteiger charge is 2.18. The molecule has 0 aliphatic rings. The standard InChI is InChI=1S/C23H21NO6S/c1-28-16-21(23(25)29-2)20-13-6-7-14-22(20)30-18-10-8-9-17(15-18)24-31(26,27)19-11-4-3-5-12-19/h3-16,24H,1-2H3/b21-16+. The third-order valence-electron chi connectivity index (χ3n) is 4.19. The van der Waals surface area contributed by atoms with Crippen LogP contribution in [0.5, 0.6) is 11.5 Å². The zero-order valence-electron chi connectivity index (χ0n) is 16.9. The van der Waals surface area contributed by atoms with E-state index in [-0.39, 0.29) is 10.5 Å². The Balaban J connectivity index is 1.89. The molecule has 0 aliphatic carbocycles. The molecule has 3 aromatic rings. The van der Waals surface area contributed by atoms with E-state index in [0.717, 1.165) is 0 Å². The number of sulfonamides is 1. The maximum atomic E-state index is 12.6. The second-order valence-electron chi connectivity index (χ2n) is 6.30. The van der Waals surface area contributed by atoms with Crippen molar-refractivity contribution in [3.63, 3.8) is 0 Å². The number of anilines is 1. The third kappa shape index (κ3) is 5.43. The zero-order valence-corrected chi connectivity index (χ0v) is 17.8. The van der Waals surface area contributed by atoms with Crippen molar-refractivity contribution < 1.29 is 27.4 Å². The van der Waals surface area contributed by atoms with Gasteiger partial charge >= 0.3 is 5.97 Å². The van der Waals surface area contributed by atoms with Crippen molar-refractivity contribution in [1.29, 1.82) is 0 Å². The highest BCUT2D eigenvalue weighted by Crippen LogP contribution is 2.32. The quantitative estimate of drug-likeness (QED) is 0.317. The Morgan fingerprint density at radius 1 is 0.903 bits per heavy atom. The van der Waals surface area contributed by atoms with Crippen LogP contribution in [0.15, 0.2) is 90.0 Å². The number of hydrogen-bond acceptors (Lipinski definition) is 6. The summed E-state index contributed by atoms with van der Waals surface area (Å²) >= 11 is 0. The predicted molar refractivity (Wildman–Crippen MR) is 117 cm³/mol. The molecule has 8 heteroatoms. The molecule has 1 N–H and O–H groups in total. The summed E-state index contributed by atoms with van der Waals surface area (Å²) in [5.74, 6) is 0.170. The van der Waals surface area contributed by atoms with Gasteiger partial charge in [0.2, 0.25) is 0 Å². The molecule has 0 heterocycles. The monoisotopic (exact) mass is 439 g/mol. The Morgan fingerprint density at radius 3 is 2.32 bits per heavy atom. The van der Waals surface area contributed by atoms with Gasteiger partial charge in [0.25, 0.3) is 10.0 Å². The molecule has 0 radical (unpaired) electrons. The number of esters is 1. The molecule has 0 fully saturated rings. The Labute approximate surface area is 180 Å². The number of para-hydroxylation sites is 1. The van der Waals surface area contributed by atoms with Crippen LogP contribution in [0.4, 0.5) is 5.69 Å². The lowest BCUT2D eigenvalue weighted by Gasteiger charge is -2.14. The summed E-state index contributed by atoms with van der Waals surface area (Å²) in [4.78, 5) is 12.3. The van der Waals surface area contributed by atoms with Gasteiger partial charge in [-0.2, -0.15) is 0 Å². The van der Waals surface area contributed by atoms with E-state index in [1.54, 1.807) is 66.7 Å². The maximum absolute atomic E-state index is 12.6. The average Bonchev–Trinajstić information content (AvgIpc) is 2.78. The number of methoxy groups -OCH3 is 2. The second kappa shape index (κ2) is 9.82. The molecule has 7 nitrogen and oxygen atoms in total. The third-order valence-corrected chi connectivity index (χ3v) is 5.58. The van der Waals surface area contributed by atoms with E-state index in [2.05, 4.69) is 4.72 Å². The van der Waals surface area contributed by atoms with E-state index in [4.69, 9.17) is 14.2 Å². The Hall–Kier alpha value is -3.78. The van der Waals surface area contributed by atoms with Gasteiger partial charge in [0, 0.05) is 11.6 Å². The van der Waals surface area contributed by atoms with E-state index in [9.17, 15) is 13.2 Å². The molecule has 0 saturated carbocycles. The lowest BCUT2D eigenvalue weighted by molar-refractivity contribution is -0.133. The first kappa shape index (κ1) is 21.9. The summed E-state index contributed by atoms with van der Waals surface area (Å²) in [6, 6.07) is 21.4. The van der Waals surface area contributed by atoms with Gasteiger partial charge in [-0.05, 0) is 30.3 Å². The maximum Gasteiger partial charge on any atom is 0.341 e. The van der Waals surface area contributed by atoms with Crippen molar-refractivity contribution >= 4 is 27.3 Å². The lowest BCUT2D eigenvalue weighted by Crippen LogP contribution is -2.12. The minimum Gasteiger partial charge on any atom is -0.503 e. The Morgan fingerprint density at radius 2 is 1.61 bits per heavy atom.